The molecule has 0 saturated carbocycles. The molecule has 1 aliphatic carbocycles. The first kappa shape index (κ1) is 21.7. The fourth-order valence-corrected chi connectivity index (χ4v) is 5.96. The Balaban J connectivity index is 1.51. The third-order valence-electron chi connectivity index (χ3n) is 5.22. The number of anilines is 1. The Kier molecular flexibility index (Phi) is 5.90. The molecule has 1 amide bonds. The highest BCUT2D eigenvalue weighted by Crippen LogP contribution is 2.36. The van der Waals surface area contributed by atoms with Crippen molar-refractivity contribution in [3.63, 3.8) is 0 Å². The predicted molar refractivity (Wildman–Crippen MR) is 127 cm³/mol. The minimum absolute atomic E-state index is 0.0293. The van der Waals surface area contributed by atoms with Gasteiger partial charge in [-0.25, -0.2) is 4.98 Å². The molecule has 1 N–H and O–H groups in total. The van der Waals surface area contributed by atoms with Crippen LogP contribution in [0.3, 0.4) is 0 Å². The van der Waals surface area contributed by atoms with Crippen molar-refractivity contribution >= 4 is 45.2 Å². The van der Waals surface area contributed by atoms with Crippen LogP contribution in [0, 0.1) is 6.92 Å². The van der Waals surface area contributed by atoms with Crippen LogP contribution in [0.15, 0.2) is 38.7 Å². The zero-order chi connectivity index (χ0) is 22.9. The lowest BCUT2D eigenvalue weighted by molar-refractivity contribution is -0.114. The molecule has 3 heterocycles. The average molecular weight is 484 g/mol. The van der Waals surface area contributed by atoms with Gasteiger partial charge in [0.05, 0.1) is 23.4 Å². The SMILES string of the molecule is CCOc1ccc(-n2c(SCC(=O)Nc3nc(C)no3)nc3sc4c(c3c2=O)CCC4)cc1. The van der Waals surface area contributed by atoms with Crippen LogP contribution < -0.4 is 15.6 Å². The first-order valence-electron chi connectivity index (χ1n) is 10.6. The van der Waals surface area contributed by atoms with Gasteiger partial charge in [-0.15, -0.1) is 11.3 Å². The number of aryl methyl sites for hydroxylation is 3. The van der Waals surface area contributed by atoms with Gasteiger partial charge in [0, 0.05) is 4.88 Å². The van der Waals surface area contributed by atoms with Crippen molar-refractivity contribution in [1.29, 1.82) is 0 Å². The topological polar surface area (TPSA) is 112 Å². The molecule has 11 heteroatoms. The smallest absolute Gasteiger partial charge is 0.328 e. The standard InChI is InChI=1S/C22H21N5O4S2/c1-3-30-14-9-7-13(8-10-14)27-20(29)18-15-5-4-6-16(15)33-19(18)25-22(27)32-11-17(28)24-21-23-12(2)26-31-21/h7-10H,3-6,11H2,1-2H3,(H,23,24,26,28). The number of carbonyl (C=O) groups is 1. The summed E-state index contributed by atoms with van der Waals surface area (Å²) in [4.78, 5) is 36.8. The van der Waals surface area contributed by atoms with E-state index in [1.807, 2.05) is 31.2 Å². The molecule has 0 atom stereocenters. The number of thioether (sulfide) groups is 1. The van der Waals surface area contributed by atoms with E-state index in [0.29, 0.717) is 28.7 Å². The van der Waals surface area contributed by atoms with Gasteiger partial charge >= 0.3 is 6.01 Å². The number of thiophene rings is 1. The van der Waals surface area contributed by atoms with E-state index in [9.17, 15) is 9.59 Å². The Morgan fingerprint density at radius 2 is 2.09 bits per heavy atom. The highest BCUT2D eigenvalue weighted by molar-refractivity contribution is 7.99. The number of nitrogens with zero attached hydrogens (tertiary/aromatic N) is 4. The van der Waals surface area contributed by atoms with Crippen molar-refractivity contribution in [3.05, 3.63) is 50.9 Å². The Hall–Kier alpha value is -3.18. The van der Waals surface area contributed by atoms with E-state index in [1.54, 1.807) is 22.8 Å². The summed E-state index contributed by atoms with van der Waals surface area (Å²) in [5.41, 5.74) is 1.68. The number of nitrogens with one attached hydrogen (secondary N) is 1. The number of ether oxygens (including phenoxy) is 1. The molecule has 9 nitrogen and oxygen atoms in total. The third-order valence-corrected chi connectivity index (χ3v) is 7.34. The summed E-state index contributed by atoms with van der Waals surface area (Å²) in [6.45, 7) is 4.15. The van der Waals surface area contributed by atoms with E-state index in [4.69, 9.17) is 14.2 Å². The molecule has 0 bridgehead atoms. The van der Waals surface area contributed by atoms with E-state index < -0.39 is 0 Å². The number of rotatable bonds is 7. The van der Waals surface area contributed by atoms with Crippen molar-refractivity contribution in [3.8, 4) is 11.4 Å². The molecular weight excluding hydrogens is 462 g/mol. The summed E-state index contributed by atoms with van der Waals surface area (Å²) < 4.78 is 12.1. The normalized spacial score (nSPS) is 12.8. The van der Waals surface area contributed by atoms with E-state index in [-0.39, 0.29) is 23.2 Å². The van der Waals surface area contributed by atoms with Gasteiger partial charge in [0.1, 0.15) is 10.6 Å². The molecule has 1 aliphatic rings. The molecule has 0 aliphatic heterocycles. The number of fused-ring (bicyclic) bond motifs is 3. The lowest BCUT2D eigenvalue weighted by Gasteiger charge is -2.13. The first-order valence-corrected chi connectivity index (χ1v) is 12.4. The fourth-order valence-electron chi connectivity index (χ4n) is 3.84. The summed E-state index contributed by atoms with van der Waals surface area (Å²) in [6.07, 6.45) is 2.94. The minimum Gasteiger partial charge on any atom is -0.494 e. The zero-order valence-corrected chi connectivity index (χ0v) is 19.7. The predicted octanol–water partition coefficient (Wildman–Crippen LogP) is 3.76. The molecule has 4 aromatic rings. The fraction of sp³-hybridized carbons (Fsp3) is 0.318. The molecule has 0 unspecified atom stereocenters. The number of hydrogen-bond acceptors (Lipinski definition) is 9. The molecule has 0 saturated heterocycles. The van der Waals surface area contributed by atoms with Crippen molar-refractivity contribution in [2.45, 2.75) is 38.3 Å². The molecule has 0 radical (unpaired) electrons. The number of aromatic nitrogens is 4. The van der Waals surface area contributed by atoms with Crippen LogP contribution in [0.2, 0.25) is 0 Å². The van der Waals surface area contributed by atoms with Gasteiger partial charge in [0.15, 0.2) is 11.0 Å². The van der Waals surface area contributed by atoms with E-state index >= 15 is 0 Å². The van der Waals surface area contributed by atoms with Crippen LogP contribution in [0.25, 0.3) is 15.9 Å². The monoisotopic (exact) mass is 483 g/mol. The number of amides is 1. The largest absolute Gasteiger partial charge is 0.494 e. The van der Waals surface area contributed by atoms with Crippen molar-refractivity contribution in [2.75, 3.05) is 17.7 Å². The Labute approximate surface area is 197 Å². The molecule has 5 rings (SSSR count). The van der Waals surface area contributed by atoms with Gasteiger partial charge in [0.2, 0.25) is 5.91 Å². The van der Waals surface area contributed by atoms with E-state index in [2.05, 4.69) is 15.5 Å². The second kappa shape index (κ2) is 8.99. The van der Waals surface area contributed by atoms with Gasteiger partial charge in [-0.3, -0.25) is 19.5 Å². The van der Waals surface area contributed by atoms with Gasteiger partial charge in [0.25, 0.3) is 5.56 Å². The van der Waals surface area contributed by atoms with Crippen LogP contribution in [-0.2, 0) is 17.6 Å². The van der Waals surface area contributed by atoms with Crippen LogP contribution >= 0.6 is 23.1 Å². The Morgan fingerprint density at radius 3 is 2.82 bits per heavy atom. The number of benzene rings is 1. The summed E-state index contributed by atoms with van der Waals surface area (Å²) >= 11 is 2.76. The van der Waals surface area contributed by atoms with Gasteiger partial charge < -0.3 is 9.26 Å². The van der Waals surface area contributed by atoms with Gasteiger partial charge in [-0.2, -0.15) is 4.98 Å². The van der Waals surface area contributed by atoms with Crippen LogP contribution in [0.4, 0.5) is 6.01 Å². The molecule has 1 aromatic carbocycles. The second-order valence-electron chi connectivity index (χ2n) is 7.48. The summed E-state index contributed by atoms with van der Waals surface area (Å²) in [6, 6.07) is 7.36. The van der Waals surface area contributed by atoms with Gasteiger partial charge in [-0.1, -0.05) is 16.9 Å². The lowest BCUT2D eigenvalue weighted by atomic mass is 10.2. The maximum atomic E-state index is 13.7. The molecule has 0 spiro atoms. The summed E-state index contributed by atoms with van der Waals surface area (Å²) in [5, 5.41) is 7.37. The van der Waals surface area contributed by atoms with Crippen molar-refractivity contribution in [1.82, 2.24) is 19.7 Å². The highest BCUT2D eigenvalue weighted by atomic mass is 32.2. The molecule has 0 fully saturated rings. The maximum absolute atomic E-state index is 13.7. The number of carbonyl (C=O) groups excluding carboxylic acids is 1. The molecule has 170 valence electrons. The van der Waals surface area contributed by atoms with Crippen LogP contribution in [-0.4, -0.2) is 38.0 Å². The lowest BCUT2D eigenvalue weighted by Crippen LogP contribution is -2.23. The second-order valence-corrected chi connectivity index (χ2v) is 9.51. The Morgan fingerprint density at radius 1 is 1.27 bits per heavy atom. The van der Waals surface area contributed by atoms with Crippen LogP contribution in [0.1, 0.15) is 29.6 Å². The van der Waals surface area contributed by atoms with E-state index in [0.717, 1.165) is 35.4 Å². The molecular formula is C22H21N5O4S2. The number of hydrogen-bond donors (Lipinski definition) is 1. The first-order chi connectivity index (χ1) is 16.0. The van der Waals surface area contributed by atoms with Gasteiger partial charge in [-0.05, 0) is 62.9 Å². The third kappa shape index (κ3) is 4.25. The molecule has 33 heavy (non-hydrogen) atoms. The summed E-state index contributed by atoms with van der Waals surface area (Å²) in [7, 11) is 0. The summed E-state index contributed by atoms with van der Waals surface area (Å²) in [5.74, 6) is 0.856. The molecule has 3 aromatic heterocycles. The van der Waals surface area contributed by atoms with E-state index in [1.165, 1.54) is 16.6 Å². The van der Waals surface area contributed by atoms with Crippen molar-refractivity contribution < 1.29 is 14.1 Å². The quantitative estimate of drug-likeness (QED) is 0.312. The maximum Gasteiger partial charge on any atom is 0.328 e. The Bertz CT molecular complexity index is 1390. The van der Waals surface area contributed by atoms with Crippen LogP contribution in [0.5, 0.6) is 5.75 Å². The van der Waals surface area contributed by atoms with Crippen molar-refractivity contribution in [2.24, 2.45) is 0 Å². The zero-order valence-electron chi connectivity index (χ0n) is 18.1. The average Bonchev–Trinajstić information content (AvgIpc) is 3.49. The minimum atomic E-state index is -0.329. The highest BCUT2D eigenvalue weighted by Gasteiger charge is 2.24.